The van der Waals surface area contributed by atoms with Gasteiger partial charge in [0.1, 0.15) is 0 Å². The molecule has 7 nitrogen and oxygen atoms in total. The molecule has 0 saturated heterocycles. The summed E-state index contributed by atoms with van der Waals surface area (Å²) < 4.78 is 35.7. The van der Waals surface area contributed by atoms with E-state index in [1.54, 1.807) is 0 Å². The Morgan fingerprint density at radius 2 is 2.17 bits per heavy atom. The van der Waals surface area contributed by atoms with Crippen LogP contribution in [0.5, 0.6) is 0 Å². The number of hydrogen-bond donors (Lipinski definition) is 2. The van der Waals surface area contributed by atoms with Gasteiger partial charge in [-0.3, -0.25) is 4.79 Å². The van der Waals surface area contributed by atoms with Crippen LogP contribution in [0.15, 0.2) is 0 Å². The quantitative estimate of drug-likeness (QED) is 0.578. The van der Waals surface area contributed by atoms with Crippen LogP contribution < -0.4 is 10.5 Å². The molecule has 0 aliphatic heterocycles. The second kappa shape index (κ2) is 6.46. The van der Waals surface area contributed by atoms with Crippen molar-refractivity contribution in [2.75, 3.05) is 19.5 Å². The Bertz CT molecular complexity index is 382. The Morgan fingerprint density at radius 1 is 1.50 bits per heavy atom. The highest BCUT2D eigenvalue weighted by atomic mass is 32.2. The summed E-state index contributed by atoms with van der Waals surface area (Å²) in [5.41, 5.74) is 5.73. The van der Waals surface area contributed by atoms with Gasteiger partial charge in [0.25, 0.3) is 0 Å². The van der Waals surface area contributed by atoms with Gasteiger partial charge in [0.2, 0.25) is 10.0 Å². The number of ether oxygens (including phenoxy) is 2. The topological polar surface area (TPSA) is 108 Å². The first-order valence-corrected chi connectivity index (χ1v) is 7.49. The summed E-state index contributed by atoms with van der Waals surface area (Å²) in [4.78, 5) is 10.9. The van der Waals surface area contributed by atoms with Crippen LogP contribution in [0.3, 0.4) is 0 Å². The summed E-state index contributed by atoms with van der Waals surface area (Å²) in [6.45, 7) is 2.35. The molecule has 1 aliphatic rings. The van der Waals surface area contributed by atoms with Crippen LogP contribution in [0.25, 0.3) is 0 Å². The number of methoxy groups -OCH3 is 1. The average Bonchev–Trinajstić information content (AvgIpc) is 2.33. The van der Waals surface area contributed by atoms with Gasteiger partial charge in [-0.05, 0) is 13.3 Å². The molecule has 3 atom stereocenters. The van der Waals surface area contributed by atoms with Crippen LogP contribution in [0.4, 0.5) is 0 Å². The maximum Gasteiger partial charge on any atom is 0.306 e. The molecule has 0 bridgehead atoms. The van der Waals surface area contributed by atoms with E-state index in [2.05, 4.69) is 9.46 Å². The van der Waals surface area contributed by atoms with Gasteiger partial charge < -0.3 is 15.2 Å². The van der Waals surface area contributed by atoms with E-state index >= 15 is 0 Å². The zero-order valence-corrected chi connectivity index (χ0v) is 11.4. The Hall–Kier alpha value is -0.700. The van der Waals surface area contributed by atoms with Crippen molar-refractivity contribution in [1.29, 1.82) is 0 Å². The average molecular weight is 280 g/mol. The van der Waals surface area contributed by atoms with Crippen LogP contribution in [-0.2, 0) is 24.3 Å². The van der Waals surface area contributed by atoms with Gasteiger partial charge in [0.15, 0.2) is 0 Å². The molecule has 18 heavy (non-hydrogen) atoms. The second-order valence-electron chi connectivity index (χ2n) is 4.18. The molecule has 1 fully saturated rings. The molecule has 0 aromatic heterocycles. The Kier molecular flexibility index (Phi) is 5.51. The zero-order valence-electron chi connectivity index (χ0n) is 10.6. The van der Waals surface area contributed by atoms with Crippen LogP contribution in [0.1, 0.15) is 19.8 Å². The van der Waals surface area contributed by atoms with E-state index in [1.165, 1.54) is 7.11 Å². The van der Waals surface area contributed by atoms with Crippen molar-refractivity contribution < 1.29 is 22.7 Å². The Balaban J connectivity index is 2.46. The molecule has 0 amide bonds. The maximum atomic E-state index is 11.7. The smallest absolute Gasteiger partial charge is 0.306 e. The van der Waals surface area contributed by atoms with Crippen molar-refractivity contribution in [3.8, 4) is 0 Å². The lowest BCUT2D eigenvalue weighted by Gasteiger charge is -2.42. The van der Waals surface area contributed by atoms with E-state index in [4.69, 9.17) is 10.5 Å². The first kappa shape index (κ1) is 15.4. The fourth-order valence-corrected chi connectivity index (χ4v) is 3.07. The SMILES string of the molecule is CCOC1CC(N)C1NS(=O)(=O)CCC(=O)OC. The number of carbonyl (C=O) groups excluding carboxylic acids is 1. The molecule has 1 aliphatic carbocycles. The number of rotatable bonds is 7. The molecular formula is C10H20N2O5S. The largest absolute Gasteiger partial charge is 0.469 e. The maximum absolute atomic E-state index is 11.7. The molecular weight excluding hydrogens is 260 g/mol. The summed E-state index contributed by atoms with van der Waals surface area (Å²) in [5.74, 6) is -0.860. The molecule has 1 rings (SSSR count). The van der Waals surface area contributed by atoms with Crippen molar-refractivity contribution in [3.05, 3.63) is 0 Å². The van der Waals surface area contributed by atoms with Gasteiger partial charge in [-0.1, -0.05) is 0 Å². The first-order chi connectivity index (χ1) is 8.39. The number of hydrogen-bond acceptors (Lipinski definition) is 6. The highest BCUT2D eigenvalue weighted by Crippen LogP contribution is 2.23. The number of nitrogens with one attached hydrogen (secondary N) is 1. The van der Waals surface area contributed by atoms with Crippen LogP contribution >= 0.6 is 0 Å². The third-order valence-electron chi connectivity index (χ3n) is 2.87. The highest BCUT2D eigenvalue weighted by Gasteiger charge is 2.41. The van der Waals surface area contributed by atoms with Gasteiger partial charge in [-0.2, -0.15) is 0 Å². The zero-order chi connectivity index (χ0) is 13.8. The number of sulfonamides is 1. The van der Waals surface area contributed by atoms with E-state index in [9.17, 15) is 13.2 Å². The molecule has 1 saturated carbocycles. The van der Waals surface area contributed by atoms with Crippen molar-refractivity contribution in [2.24, 2.45) is 5.73 Å². The third-order valence-corrected chi connectivity index (χ3v) is 4.24. The Morgan fingerprint density at radius 3 is 2.67 bits per heavy atom. The molecule has 0 spiro atoms. The van der Waals surface area contributed by atoms with E-state index in [1.807, 2.05) is 6.92 Å². The minimum Gasteiger partial charge on any atom is -0.469 e. The van der Waals surface area contributed by atoms with Gasteiger partial charge in [0.05, 0.1) is 31.4 Å². The molecule has 8 heteroatoms. The van der Waals surface area contributed by atoms with Crippen molar-refractivity contribution in [2.45, 2.75) is 38.0 Å². The van der Waals surface area contributed by atoms with Gasteiger partial charge in [-0.15, -0.1) is 0 Å². The summed E-state index contributed by atoms with van der Waals surface area (Å²) in [7, 11) is -2.32. The molecule has 3 N–H and O–H groups in total. The monoisotopic (exact) mass is 280 g/mol. The van der Waals surface area contributed by atoms with Crippen LogP contribution in [-0.4, -0.2) is 52.0 Å². The predicted octanol–water partition coefficient (Wildman–Crippen LogP) is -1.03. The molecule has 0 heterocycles. The second-order valence-corrected chi connectivity index (χ2v) is 6.06. The van der Waals surface area contributed by atoms with Crippen molar-refractivity contribution in [3.63, 3.8) is 0 Å². The molecule has 106 valence electrons. The normalized spacial score (nSPS) is 27.6. The number of esters is 1. The summed E-state index contributed by atoms with van der Waals surface area (Å²) in [5, 5.41) is 0. The lowest BCUT2D eigenvalue weighted by atomic mass is 9.84. The lowest BCUT2D eigenvalue weighted by Crippen LogP contribution is -2.64. The van der Waals surface area contributed by atoms with Gasteiger partial charge in [-0.25, -0.2) is 13.1 Å². The molecule has 0 aromatic carbocycles. The highest BCUT2D eigenvalue weighted by molar-refractivity contribution is 7.89. The van der Waals surface area contributed by atoms with Gasteiger partial charge >= 0.3 is 5.97 Å². The van der Waals surface area contributed by atoms with E-state index in [0.29, 0.717) is 13.0 Å². The van der Waals surface area contributed by atoms with E-state index < -0.39 is 22.0 Å². The van der Waals surface area contributed by atoms with Crippen LogP contribution in [0.2, 0.25) is 0 Å². The van der Waals surface area contributed by atoms with E-state index in [-0.39, 0.29) is 24.3 Å². The molecule has 0 aromatic rings. The molecule has 0 radical (unpaired) electrons. The summed E-state index contributed by atoms with van der Waals surface area (Å²) >= 11 is 0. The number of carbonyl (C=O) groups is 1. The first-order valence-electron chi connectivity index (χ1n) is 5.83. The summed E-state index contributed by atoms with van der Waals surface area (Å²) in [6, 6.07) is -0.651. The van der Waals surface area contributed by atoms with Crippen molar-refractivity contribution >= 4 is 16.0 Å². The fourth-order valence-electron chi connectivity index (χ4n) is 1.78. The Labute approximate surface area is 107 Å². The van der Waals surface area contributed by atoms with E-state index in [0.717, 1.165) is 0 Å². The van der Waals surface area contributed by atoms with Gasteiger partial charge in [0, 0.05) is 12.6 Å². The standard InChI is InChI=1S/C10H20N2O5S/c1-3-17-8-6-7(11)10(8)12-18(14,15)5-4-9(13)16-2/h7-8,10,12H,3-6,11H2,1-2H3. The molecule has 3 unspecified atom stereocenters. The fraction of sp³-hybridized carbons (Fsp3) is 0.900. The minimum absolute atomic E-state index is 0.174. The third kappa shape index (κ3) is 4.20. The van der Waals surface area contributed by atoms with Crippen molar-refractivity contribution in [1.82, 2.24) is 4.72 Å². The minimum atomic E-state index is -3.54. The summed E-state index contributed by atoms with van der Waals surface area (Å²) in [6.07, 6.45) is 0.281. The lowest BCUT2D eigenvalue weighted by molar-refractivity contribution is -0.140. The number of nitrogens with two attached hydrogens (primary N) is 1. The van der Waals surface area contributed by atoms with Crippen LogP contribution in [0, 0.1) is 0 Å². The predicted molar refractivity (Wildman–Crippen MR) is 65.3 cm³/mol.